The maximum atomic E-state index is 13.1. The highest BCUT2D eigenvalue weighted by molar-refractivity contribution is 6.00. The molecule has 2 aliphatic rings. The molecule has 1 N–H and O–H groups in total. The van der Waals surface area contributed by atoms with Crippen molar-refractivity contribution in [2.45, 2.75) is 33.1 Å². The Morgan fingerprint density at radius 3 is 2.52 bits per heavy atom. The predicted octanol–water partition coefficient (Wildman–Crippen LogP) is 1.99. The van der Waals surface area contributed by atoms with Crippen LogP contribution in [0.4, 0.5) is 5.69 Å². The molecule has 2 heterocycles. The second-order valence-electron chi connectivity index (χ2n) is 10.3. The van der Waals surface area contributed by atoms with Crippen molar-refractivity contribution in [1.82, 2.24) is 15.1 Å². The molecule has 1 aromatic carbocycles. The van der Waals surface area contributed by atoms with Crippen LogP contribution < -0.4 is 15.0 Å². The Labute approximate surface area is 197 Å². The third-order valence-corrected chi connectivity index (χ3v) is 6.50. The van der Waals surface area contributed by atoms with Crippen LogP contribution in [0, 0.1) is 17.3 Å². The molecule has 1 unspecified atom stereocenters. The zero-order chi connectivity index (χ0) is 24.2. The lowest BCUT2D eigenvalue weighted by Crippen LogP contribution is -2.47. The molecule has 2 aliphatic heterocycles. The summed E-state index contributed by atoms with van der Waals surface area (Å²) in [6.07, 6.45) is 1.54. The van der Waals surface area contributed by atoms with E-state index < -0.39 is 0 Å². The normalized spacial score (nSPS) is 19.8. The van der Waals surface area contributed by atoms with Gasteiger partial charge in [-0.1, -0.05) is 19.9 Å². The fraction of sp³-hybridized carbons (Fsp3) is 0.640. The van der Waals surface area contributed by atoms with Crippen molar-refractivity contribution in [1.29, 1.82) is 0 Å². The van der Waals surface area contributed by atoms with Crippen LogP contribution in [0.3, 0.4) is 0 Å². The maximum absolute atomic E-state index is 13.1. The highest BCUT2D eigenvalue weighted by atomic mass is 16.5. The number of nitrogens with zero attached hydrogens (tertiary/aromatic N) is 3. The van der Waals surface area contributed by atoms with Gasteiger partial charge in [0.25, 0.3) is 0 Å². The van der Waals surface area contributed by atoms with Crippen molar-refractivity contribution >= 4 is 23.4 Å². The summed E-state index contributed by atoms with van der Waals surface area (Å²) >= 11 is 0. The molecule has 8 nitrogen and oxygen atoms in total. The minimum Gasteiger partial charge on any atom is -0.497 e. The Morgan fingerprint density at radius 1 is 1.18 bits per heavy atom. The largest absolute Gasteiger partial charge is 0.497 e. The summed E-state index contributed by atoms with van der Waals surface area (Å²) in [7, 11) is 5.65. The second kappa shape index (κ2) is 10.5. The number of rotatable bonds is 8. The molecule has 3 amide bonds. The zero-order valence-electron chi connectivity index (χ0n) is 20.6. The van der Waals surface area contributed by atoms with Gasteiger partial charge in [0, 0.05) is 56.8 Å². The van der Waals surface area contributed by atoms with Crippen molar-refractivity contribution in [2.75, 3.05) is 58.8 Å². The Bertz CT molecular complexity index is 862. The summed E-state index contributed by atoms with van der Waals surface area (Å²) in [5.41, 5.74) is 0.752. The van der Waals surface area contributed by atoms with Crippen molar-refractivity contribution in [2.24, 2.45) is 17.3 Å². The van der Waals surface area contributed by atoms with E-state index in [2.05, 4.69) is 24.1 Å². The lowest BCUT2D eigenvalue weighted by Gasteiger charge is -2.34. The first-order valence-electron chi connectivity index (χ1n) is 11.8. The van der Waals surface area contributed by atoms with E-state index in [4.69, 9.17) is 4.74 Å². The van der Waals surface area contributed by atoms with Gasteiger partial charge in [0.05, 0.1) is 13.0 Å². The van der Waals surface area contributed by atoms with Crippen LogP contribution in [0.2, 0.25) is 0 Å². The Hall–Kier alpha value is -2.61. The molecule has 0 saturated carbocycles. The monoisotopic (exact) mass is 458 g/mol. The van der Waals surface area contributed by atoms with E-state index in [1.807, 2.05) is 43.3 Å². The number of nitrogens with one attached hydrogen (secondary N) is 1. The zero-order valence-corrected chi connectivity index (χ0v) is 20.6. The van der Waals surface area contributed by atoms with Crippen LogP contribution in [0.1, 0.15) is 33.1 Å². The van der Waals surface area contributed by atoms with E-state index in [9.17, 15) is 14.4 Å². The summed E-state index contributed by atoms with van der Waals surface area (Å²) in [6.45, 7) is 7.31. The number of benzene rings is 1. The fourth-order valence-electron chi connectivity index (χ4n) is 4.90. The number of carbonyl (C=O) groups is 3. The van der Waals surface area contributed by atoms with Gasteiger partial charge in [-0.05, 0) is 44.5 Å². The van der Waals surface area contributed by atoms with Gasteiger partial charge in [-0.25, -0.2) is 0 Å². The molecule has 8 heteroatoms. The summed E-state index contributed by atoms with van der Waals surface area (Å²) in [6, 6.07) is 7.34. The lowest BCUT2D eigenvalue weighted by molar-refractivity contribution is -0.139. The third-order valence-electron chi connectivity index (χ3n) is 6.50. The van der Waals surface area contributed by atoms with Crippen molar-refractivity contribution < 1.29 is 19.1 Å². The van der Waals surface area contributed by atoms with Gasteiger partial charge >= 0.3 is 0 Å². The van der Waals surface area contributed by atoms with E-state index in [0.29, 0.717) is 44.8 Å². The first-order valence-corrected chi connectivity index (χ1v) is 11.8. The van der Waals surface area contributed by atoms with Crippen molar-refractivity contribution in [3.8, 4) is 5.75 Å². The molecule has 2 saturated heterocycles. The molecular formula is C25H38N4O4. The van der Waals surface area contributed by atoms with E-state index in [1.54, 1.807) is 12.0 Å². The average Bonchev–Trinajstić information content (AvgIpc) is 3.18. The van der Waals surface area contributed by atoms with Crippen molar-refractivity contribution in [3.63, 3.8) is 0 Å². The number of anilines is 1. The Kier molecular flexibility index (Phi) is 8.00. The molecule has 1 atom stereocenters. The molecule has 2 fully saturated rings. The third kappa shape index (κ3) is 6.47. The molecule has 0 bridgehead atoms. The molecule has 33 heavy (non-hydrogen) atoms. The number of amides is 3. The number of ether oxygens (including phenoxy) is 1. The molecule has 0 aliphatic carbocycles. The predicted molar refractivity (Wildman–Crippen MR) is 128 cm³/mol. The van der Waals surface area contributed by atoms with E-state index in [-0.39, 0.29) is 41.4 Å². The van der Waals surface area contributed by atoms with Crippen molar-refractivity contribution in [3.05, 3.63) is 24.3 Å². The molecular weight excluding hydrogens is 420 g/mol. The Balaban J connectivity index is 1.49. The minimum atomic E-state index is -0.346. The summed E-state index contributed by atoms with van der Waals surface area (Å²) in [5.74, 6) is 0.314. The average molecular weight is 459 g/mol. The lowest BCUT2D eigenvalue weighted by atomic mass is 9.91. The fourth-order valence-corrected chi connectivity index (χ4v) is 4.90. The van der Waals surface area contributed by atoms with E-state index in [1.165, 1.54) is 0 Å². The van der Waals surface area contributed by atoms with Crippen LogP contribution in [0.5, 0.6) is 5.75 Å². The smallest absolute Gasteiger partial charge is 0.228 e. The highest BCUT2D eigenvalue weighted by Crippen LogP contribution is 2.30. The molecule has 0 spiro atoms. The quantitative estimate of drug-likeness (QED) is 0.644. The van der Waals surface area contributed by atoms with E-state index >= 15 is 0 Å². The summed E-state index contributed by atoms with van der Waals surface area (Å²) in [5, 5.41) is 3.11. The summed E-state index contributed by atoms with van der Waals surface area (Å²) < 4.78 is 5.25. The van der Waals surface area contributed by atoms with Crippen LogP contribution in [0.25, 0.3) is 0 Å². The van der Waals surface area contributed by atoms with Gasteiger partial charge in [0.1, 0.15) is 5.75 Å². The molecule has 0 aromatic heterocycles. The number of piperidine rings is 1. The van der Waals surface area contributed by atoms with Gasteiger partial charge in [0.15, 0.2) is 0 Å². The number of hydrogen-bond donors (Lipinski definition) is 1. The number of methoxy groups -OCH3 is 1. The minimum absolute atomic E-state index is 0.000512. The van der Waals surface area contributed by atoms with Gasteiger partial charge in [-0.2, -0.15) is 0 Å². The van der Waals surface area contributed by atoms with Crippen LogP contribution in [0.15, 0.2) is 24.3 Å². The number of carbonyl (C=O) groups excluding carboxylic acids is 3. The van der Waals surface area contributed by atoms with E-state index in [0.717, 1.165) is 12.2 Å². The van der Waals surface area contributed by atoms with Gasteiger partial charge < -0.3 is 24.8 Å². The van der Waals surface area contributed by atoms with Gasteiger partial charge in [-0.3, -0.25) is 14.4 Å². The van der Waals surface area contributed by atoms with Crippen LogP contribution in [-0.2, 0) is 14.4 Å². The molecule has 0 radical (unpaired) electrons. The number of hydrogen-bond acceptors (Lipinski definition) is 5. The van der Waals surface area contributed by atoms with Gasteiger partial charge in [-0.15, -0.1) is 0 Å². The second-order valence-corrected chi connectivity index (χ2v) is 10.3. The highest BCUT2D eigenvalue weighted by Gasteiger charge is 2.38. The van der Waals surface area contributed by atoms with Gasteiger partial charge in [0.2, 0.25) is 17.7 Å². The summed E-state index contributed by atoms with van der Waals surface area (Å²) in [4.78, 5) is 44.0. The molecule has 1 aromatic rings. The Morgan fingerprint density at radius 2 is 1.88 bits per heavy atom. The molecule has 182 valence electrons. The maximum Gasteiger partial charge on any atom is 0.228 e. The first-order chi connectivity index (χ1) is 15.6. The topological polar surface area (TPSA) is 82.2 Å². The van der Waals surface area contributed by atoms with Crippen LogP contribution >= 0.6 is 0 Å². The number of likely N-dealkylation sites (tertiary alicyclic amines) is 1. The SMILES string of the molecule is COc1cccc(N2CC(C(=O)N3CCC(C(=O)NCC(C)(C)CN(C)C)CC3)CC2=O)c1. The van der Waals surface area contributed by atoms with Crippen LogP contribution in [-0.4, -0.2) is 81.5 Å². The first kappa shape index (κ1) is 25.0. The molecule has 3 rings (SSSR count). The standard InChI is InChI=1S/C25H38N4O4/c1-25(2,17-27(3)4)16-26-23(31)18-9-11-28(12-10-18)24(32)19-13-22(30)29(15-19)20-7-6-8-21(14-20)33-5/h6-8,14,18-19H,9-13,15-17H2,1-5H3,(H,26,31).